The van der Waals surface area contributed by atoms with Gasteiger partial charge in [0.05, 0.1) is 5.75 Å². The van der Waals surface area contributed by atoms with Crippen LogP contribution in [-0.4, -0.2) is 30.9 Å². The highest BCUT2D eigenvalue weighted by Gasteiger charge is 2.22. The van der Waals surface area contributed by atoms with E-state index in [-0.39, 0.29) is 22.4 Å². The molecule has 0 saturated heterocycles. The summed E-state index contributed by atoms with van der Waals surface area (Å²) in [5, 5.41) is 8.06. The minimum absolute atomic E-state index is 0.115. The number of benzene rings is 1. The molecule has 9 nitrogen and oxygen atoms in total. The summed E-state index contributed by atoms with van der Waals surface area (Å²) in [6.07, 6.45) is 0.634. The van der Waals surface area contributed by atoms with Crippen molar-refractivity contribution in [1.82, 2.24) is 19.3 Å². The predicted molar refractivity (Wildman–Crippen MR) is 105 cm³/mol. The van der Waals surface area contributed by atoms with E-state index >= 15 is 0 Å². The number of hydrogen-bond acceptors (Lipinski definition) is 8. The maximum atomic E-state index is 12.6. The SMILES string of the molecule is CCCn1c(N)c(C(=O)CSc2nnc(-c3ccccc3)o2)c(=O)n(C)c1=O. The van der Waals surface area contributed by atoms with Gasteiger partial charge in [0, 0.05) is 19.2 Å². The van der Waals surface area contributed by atoms with Crippen molar-refractivity contribution in [3.63, 3.8) is 0 Å². The number of carbonyl (C=O) groups excluding carboxylic acids is 1. The second kappa shape index (κ2) is 8.26. The van der Waals surface area contributed by atoms with Crippen LogP contribution in [0.1, 0.15) is 23.7 Å². The van der Waals surface area contributed by atoms with E-state index in [1.165, 1.54) is 11.6 Å². The number of ketones is 1. The number of Topliss-reactive ketones (excluding diaryl/α,β-unsaturated/α-hetero) is 1. The zero-order valence-corrected chi connectivity index (χ0v) is 16.2. The highest BCUT2D eigenvalue weighted by atomic mass is 32.2. The number of nitrogens with two attached hydrogens (primary N) is 1. The molecule has 2 aromatic heterocycles. The summed E-state index contributed by atoms with van der Waals surface area (Å²) in [7, 11) is 1.32. The molecule has 10 heteroatoms. The van der Waals surface area contributed by atoms with E-state index in [1.54, 1.807) is 0 Å². The lowest BCUT2D eigenvalue weighted by atomic mass is 10.2. The summed E-state index contributed by atoms with van der Waals surface area (Å²) in [6, 6.07) is 9.22. The first-order valence-electron chi connectivity index (χ1n) is 8.58. The summed E-state index contributed by atoms with van der Waals surface area (Å²) >= 11 is 1.00. The Kier molecular flexibility index (Phi) is 5.78. The number of aromatic nitrogens is 4. The van der Waals surface area contributed by atoms with Crippen molar-refractivity contribution < 1.29 is 9.21 Å². The Morgan fingerprint density at radius 3 is 2.61 bits per heavy atom. The van der Waals surface area contributed by atoms with Crippen LogP contribution in [-0.2, 0) is 13.6 Å². The normalized spacial score (nSPS) is 10.9. The summed E-state index contributed by atoms with van der Waals surface area (Å²) in [5.74, 6) is -0.411. The van der Waals surface area contributed by atoms with Gasteiger partial charge in [0.1, 0.15) is 11.4 Å². The van der Waals surface area contributed by atoms with Crippen LogP contribution in [0.4, 0.5) is 5.82 Å². The van der Waals surface area contributed by atoms with Gasteiger partial charge in [-0.05, 0) is 18.6 Å². The van der Waals surface area contributed by atoms with Crippen LogP contribution < -0.4 is 17.0 Å². The van der Waals surface area contributed by atoms with E-state index < -0.39 is 17.0 Å². The largest absolute Gasteiger partial charge is 0.411 e. The number of rotatable bonds is 7. The van der Waals surface area contributed by atoms with Crippen LogP contribution in [0.25, 0.3) is 11.5 Å². The van der Waals surface area contributed by atoms with E-state index in [1.807, 2.05) is 37.3 Å². The Bertz CT molecular complexity index is 1120. The second-order valence-electron chi connectivity index (χ2n) is 6.01. The fraction of sp³-hybridized carbons (Fsp3) is 0.278. The molecule has 0 fully saturated rings. The average molecular weight is 401 g/mol. The molecular formula is C18H19N5O4S. The van der Waals surface area contributed by atoms with Crippen molar-refractivity contribution in [1.29, 1.82) is 0 Å². The van der Waals surface area contributed by atoms with E-state index in [0.29, 0.717) is 18.9 Å². The van der Waals surface area contributed by atoms with Gasteiger partial charge in [-0.25, -0.2) is 4.79 Å². The Hall–Kier alpha value is -3.14. The Balaban J connectivity index is 1.82. The standard InChI is InChI=1S/C18H19N5O4S/c1-3-9-23-14(19)13(16(25)22(2)18(23)26)12(24)10-28-17-21-20-15(27-17)11-7-5-4-6-8-11/h4-8H,3,9-10,19H2,1-2H3. The number of anilines is 1. The highest BCUT2D eigenvalue weighted by molar-refractivity contribution is 7.99. The summed E-state index contributed by atoms with van der Waals surface area (Å²) in [4.78, 5) is 37.2. The molecule has 0 spiro atoms. The second-order valence-corrected chi connectivity index (χ2v) is 6.94. The smallest absolute Gasteiger partial charge is 0.332 e. The maximum Gasteiger partial charge on any atom is 0.332 e. The molecule has 28 heavy (non-hydrogen) atoms. The molecule has 0 unspecified atom stereocenters. The maximum absolute atomic E-state index is 12.6. The molecule has 3 rings (SSSR count). The third kappa shape index (κ3) is 3.77. The summed E-state index contributed by atoms with van der Waals surface area (Å²) < 4.78 is 7.67. The van der Waals surface area contributed by atoms with Crippen molar-refractivity contribution in [3.05, 3.63) is 56.7 Å². The average Bonchev–Trinajstić information content (AvgIpc) is 3.18. The van der Waals surface area contributed by atoms with Gasteiger partial charge in [0.15, 0.2) is 5.78 Å². The van der Waals surface area contributed by atoms with Crippen LogP contribution >= 0.6 is 11.8 Å². The Morgan fingerprint density at radius 2 is 1.93 bits per heavy atom. The minimum Gasteiger partial charge on any atom is -0.411 e. The molecule has 0 aliphatic rings. The number of carbonyl (C=O) groups is 1. The first kappa shape index (κ1) is 19.6. The van der Waals surface area contributed by atoms with E-state index in [9.17, 15) is 14.4 Å². The van der Waals surface area contributed by atoms with E-state index in [2.05, 4.69) is 10.2 Å². The molecule has 0 bridgehead atoms. The molecule has 0 saturated carbocycles. The zero-order valence-electron chi connectivity index (χ0n) is 15.4. The van der Waals surface area contributed by atoms with Crippen molar-refractivity contribution >= 4 is 23.4 Å². The van der Waals surface area contributed by atoms with E-state index in [0.717, 1.165) is 21.9 Å². The fourth-order valence-electron chi connectivity index (χ4n) is 2.65. The number of nitrogen functional groups attached to an aromatic ring is 1. The van der Waals surface area contributed by atoms with Crippen LogP contribution in [0.2, 0.25) is 0 Å². The highest BCUT2D eigenvalue weighted by Crippen LogP contribution is 2.23. The fourth-order valence-corrected chi connectivity index (χ4v) is 3.29. The van der Waals surface area contributed by atoms with Gasteiger partial charge in [0.2, 0.25) is 5.89 Å². The monoisotopic (exact) mass is 401 g/mol. The topological polar surface area (TPSA) is 126 Å². The first-order chi connectivity index (χ1) is 13.4. The van der Waals surface area contributed by atoms with Crippen LogP contribution in [0.15, 0.2) is 49.6 Å². The van der Waals surface area contributed by atoms with Gasteiger partial charge in [-0.3, -0.25) is 18.7 Å². The number of hydrogen-bond donors (Lipinski definition) is 1. The van der Waals surface area contributed by atoms with Crippen molar-refractivity contribution in [2.75, 3.05) is 11.5 Å². The molecule has 0 radical (unpaired) electrons. The van der Waals surface area contributed by atoms with Crippen LogP contribution in [0.3, 0.4) is 0 Å². The lowest BCUT2D eigenvalue weighted by Crippen LogP contribution is -2.42. The molecule has 2 heterocycles. The third-order valence-electron chi connectivity index (χ3n) is 4.06. The van der Waals surface area contributed by atoms with Gasteiger partial charge < -0.3 is 10.2 Å². The molecule has 3 aromatic rings. The van der Waals surface area contributed by atoms with Crippen molar-refractivity contribution in [2.45, 2.75) is 25.1 Å². The molecule has 146 valence electrons. The molecule has 2 N–H and O–H groups in total. The first-order valence-corrected chi connectivity index (χ1v) is 9.56. The quantitative estimate of drug-likeness (QED) is 0.467. The minimum atomic E-state index is -0.712. The number of nitrogens with zero attached hydrogens (tertiary/aromatic N) is 4. The van der Waals surface area contributed by atoms with Gasteiger partial charge in [-0.1, -0.05) is 36.9 Å². The molecule has 0 atom stereocenters. The van der Waals surface area contributed by atoms with Crippen molar-refractivity contribution in [3.8, 4) is 11.5 Å². The molecule has 0 aliphatic carbocycles. The van der Waals surface area contributed by atoms with Gasteiger partial charge >= 0.3 is 5.69 Å². The van der Waals surface area contributed by atoms with Gasteiger partial charge in [0.25, 0.3) is 10.8 Å². The van der Waals surface area contributed by atoms with Crippen molar-refractivity contribution in [2.24, 2.45) is 7.05 Å². The Labute approximate surface area is 164 Å². The summed E-state index contributed by atoms with van der Waals surface area (Å²) in [5.41, 5.74) is 5.26. The molecule has 1 aromatic carbocycles. The van der Waals surface area contributed by atoms with E-state index in [4.69, 9.17) is 10.2 Å². The van der Waals surface area contributed by atoms with Gasteiger partial charge in [-0.15, -0.1) is 10.2 Å². The number of thioether (sulfide) groups is 1. The lowest BCUT2D eigenvalue weighted by Gasteiger charge is -2.13. The third-order valence-corrected chi connectivity index (χ3v) is 4.88. The van der Waals surface area contributed by atoms with Gasteiger partial charge in [-0.2, -0.15) is 0 Å². The molecule has 0 aliphatic heterocycles. The Morgan fingerprint density at radius 1 is 1.21 bits per heavy atom. The summed E-state index contributed by atoms with van der Waals surface area (Å²) in [6.45, 7) is 2.19. The molecule has 0 amide bonds. The lowest BCUT2D eigenvalue weighted by molar-refractivity contribution is 0.102. The van der Waals surface area contributed by atoms with Crippen LogP contribution in [0, 0.1) is 0 Å². The zero-order chi connectivity index (χ0) is 20.3. The molecular weight excluding hydrogens is 382 g/mol. The van der Waals surface area contributed by atoms with Crippen LogP contribution in [0.5, 0.6) is 0 Å². The predicted octanol–water partition coefficient (Wildman–Crippen LogP) is 1.56.